The largest absolute Gasteiger partial charge is 0.497 e. The number of halogens is 1. The molecule has 1 N–H and O–H groups in total. The predicted molar refractivity (Wildman–Crippen MR) is 57.4 cm³/mol. The molecule has 3 aromatic rings. The van der Waals surface area contributed by atoms with Crippen LogP contribution in [0.2, 0.25) is 5.15 Å². The Labute approximate surface area is 89.8 Å². The Kier molecular flexibility index (Phi) is 1.67. The van der Waals surface area contributed by atoms with Crippen molar-refractivity contribution in [2.45, 2.75) is 0 Å². The topological polar surface area (TPSA) is 51.0 Å². The van der Waals surface area contributed by atoms with Crippen LogP contribution in [0.15, 0.2) is 22.6 Å². The summed E-state index contributed by atoms with van der Waals surface area (Å²) < 4.78 is 10.7. The Balaban J connectivity index is 2.43. The highest BCUT2D eigenvalue weighted by Gasteiger charge is 2.13. The molecule has 0 atom stereocenters. The van der Waals surface area contributed by atoms with Crippen molar-refractivity contribution in [3.05, 3.63) is 23.4 Å². The fourth-order valence-electron chi connectivity index (χ4n) is 1.61. The van der Waals surface area contributed by atoms with Gasteiger partial charge in [-0.1, -0.05) is 11.6 Å². The lowest BCUT2D eigenvalue weighted by atomic mass is 10.2. The van der Waals surface area contributed by atoms with Crippen molar-refractivity contribution in [3.63, 3.8) is 0 Å². The Morgan fingerprint density at radius 1 is 1.47 bits per heavy atom. The van der Waals surface area contributed by atoms with Crippen molar-refractivity contribution in [1.29, 1.82) is 0 Å². The SMILES string of the molecule is COc1ccc2c(c1)oc1c(Cl)[nH]nc12. The summed E-state index contributed by atoms with van der Waals surface area (Å²) >= 11 is 5.87. The van der Waals surface area contributed by atoms with E-state index in [9.17, 15) is 0 Å². The number of methoxy groups -OCH3 is 1. The summed E-state index contributed by atoms with van der Waals surface area (Å²) in [6.07, 6.45) is 0. The maximum Gasteiger partial charge on any atom is 0.192 e. The van der Waals surface area contributed by atoms with Gasteiger partial charge in [-0.05, 0) is 12.1 Å². The van der Waals surface area contributed by atoms with Crippen LogP contribution in [0.25, 0.3) is 22.1 Å². The number of hydrogen-bond donors (Lipinski definition) is 1. The first-order valence-corrected chi connectivity index (χ1v) is 4.77. The van der Waals surface area contributed by atoms with Gasteiger partial charge in [0, 0.05) is 11.5 Å². The van der Waals surface area contributed by atoms with Crippen molar-refractivity contribution in [3.8, 4) is 5.75 Å². The molecule has 0 fully saturated rings. The van der Waals surface area contributed by atoms with E-state index in [4.69, 9.17) is 20.8 Å². The maximum atomic E-state index is 5.87. The first-order chi connectivity index (χ1) is 7.29. The maximum absolute atomic E-state index is 5.87. The van der Waals surface area contributed by atoms with E-state index < -0.39 is 0 Å². The summed E-state index contributed by atoms with van der Waals surface area (Å²) in [5, 5.41) is 8.08. The normalized spacial score (nSPS) is 11.3. The average Bonchev–Trinajstić information content (AvgIpc) is 2.78. The summed E-state index contributed by atoms with van der Waals surface area (Å²) in [7, 11) is 1.61. The highest BCUT2D eigenvalue weighted by Crippen LogP contribution is 2.32. The summed E-state index contributed by atoms with van der Waals surface area (Å²) in [4.78, 5) is 0. The molecule has 5 heteroatoms. The average molecular weight is 223 g/mol. The number of benzene rings is 1. The van der Waals surface area contributed by atoms with Crippen molar-refractivity contribution in [1.82, 2.24) is 10.2 Å². The smallest absolute Gasteiger partial charge is 0.192 e. The lowest BCUT2D eigenvalue weighted by Gasteiger charge is -1.96. The molecule has 15 heavy (non-hydrogen) atoms. The van der Waals surface area contributed by atoms with E-state index in [1.165, 1.54) is 0 Å². The lowest BCUT2D eigenvalue weighted by molar-refractivity contribution is 0.414. The van der Waals surface area contributed by atoms with Crippen molar-refractivity contribution in [2.75, 3.05) is 7.11 Å². The minimum Gasteiger partial charge on any atom is -0.497 e. The van der Waals surface area contributed by atoms with Gasteiger partial charge >= 0.3 is 0 Å². The van der Waals surface area contributed by atoms with Crippen molar-refractivity contribution in [2.24, 2.45) is 0 Å². The minimum absolute atomic E-state index is 0.417. The zero-order valence-electron chi connectivity index (χ0n) is 7.87. The summed E-state index contributed by atoms with van der Waals surface area (Å²) in [5.41, 5.74) is 2.06. The van der Waals surface area contributed by atoms with E-state index in [1.54, 1.807) is 7.11 Å². The summed E-state index contributed by atoms with van der Waals surface area (Å²) in [6.45, 7) is 0. The molecule has 0 saturated heterocycles. The Morgan fingerprint density at radius 2 is 2.33 bits per heavy atom. The van der Waals surface area contributed by atoms with Crippen molar-refractivity contribution >= 4 is 33.7 Å². The Bertz CT molecular complexity index is 641. The zero-order chi connectivity index (χ0) is 10.4. The fraction of sp³-hybridized carbons (Fsp3) is 0.100. The molecule has 76 valence electrons. The molecule has 0 unspecified atom stereocenters. The van der Waals surface area contributed by atoms with E-state index in [0.717, 1.165) is 22.2 Å². The van der Waals surface area contributed by atoms with Gasteiger partial charge < -0.3 is 9.15 Å². The van der Waals surface area contributed by atoms with Gasteiger partial charge in [0.25, 0.3) is 0 Å². The summed E-state index contributed by atoms with van der Waals surface area (Å²) in [5.74, 6) is 0.749. The molecule has 0 radical (unpaired) electrons. The highest BCUT2D eigenvalue weighted by molar-refractivity contribution is 6.34. The van der Waals surface area contributed by atoms with Gasteiger partial charge in [-0.15, -0.1) is 0 Å². The standard InChI is InChI=1S/C10H7ClN2O2/c1-14-5-2-3-6-7(4-5)15-9-8(6)12-13-10(9)11/h2-4H,1H3,(H,12,13). The van der Waals surface area contributed by atoms with Gasteiger partial charge in [0.2, 0.25) is 0 Å². The second-order valence-electron chi connectivity index (χ2n) is 3.18. The zero-order valence-corrected chi connectivity index (χ0v) is 8.63. The van der Waals surface area contributed by atoms with E-state index in [1.807, 2.05) is 18.2 Å². The molecule has 2 heterocycles. The van der Waals surface area contributed by atoms with Crippen LogP contribution in [-0.2, 0) is 0 Å². The van der Waals surface area contributed by atoms with Gasteiger partial charge in [0.1, 0.15) is 16.8 Å². The van der Waals surface area contributed by atoms with Crippen LogP contribution in [0.5, 0.6) is 5.75 Å². The van der Waals surface area contributed by atoms with Crippen LogP contribution < -0.4 is 4.74 Å². The number of nitrogens with one attached hydrogen (secondary N) is 1. The molecule has 0 aliphatic heterocycles. The molecule has 3 rings (SSSR count). The number of nitrogens with zero attached hydrogens (tertiary/aromatic N) is 1. The van der Waals surface area contributed by atoms with Crippen LogP contribution in [-0.4, -0.2) is 17.3 Å². The van der Waals surface area contributed by atoms with E-state index in [0.29, 0.717) is 10.7 Å². The second-order valence-corrected chi connectivity index (χ2v) is 3.56. The molecular formula is C10H7ClN2O2. The van der Waals surface area contributed by atoms with Gasteiger partial charge in [0.05, 0.1) is 7.11 Å². The number of fused-ring (bicyclic) bond motifs is 3. The van der Waals surface area contributed by atoms with Crippen LogP contribution in [0.4, 0.5) is 0 Å². The number of hydrogen-bond acceptors (Lipinski definition) is 3. The summed E-state index contributed by atoms with van der Waals surface area (Å²) in [6, 6.07) is 5.57. The van der Waals surface area contributed by atoms with Crippen LogP contribution in [0.3, 0.4) is 0 Å². The van der Waals surface area contributed by atoms with Gasteiger partial charge in [-0.2, -0.15) is 5.10 Å². The van der Waals surface area contributed by atoms with Crippen LogP contribution in [0.1, 0.15) is 0 Å². The van der Waals surface area contributed by atoms with Crippen LogP contribution in [0, 0.1) is 0 Å². The molecule has 0 bridgehead atoms. The highest BCUT2D eigenvalue weighted by atomic mass is 35.5. The third-order valence-electron chi connectivity index (χ3n) is 2.34. The van der Waals surface area contributed by atoms with Gasteiger partial charge in [0.15, 0.2) is 10.7 Å². The molecule has 0 saturated carbocycles. The van der Waals surface area contributed by atoms with E-state index >= 15 is 0 Å². The number of rotatable bonds is 1. The quantitative estimate of drug-likeness (QED) is 0.689. The van der Waals surface area contributed by atoms with E-state index in [2.05, 4.69) is 10.2 Å². The molecule has 0 aliphatic rings. The molecule has 1 aromatic carbocycles. The molecule has 0 amide bonds. The molecule has 2 aromatic heterocycles. The van der Waals surface area contributed by atoms with Crippen LogP contribution >= 0.6 is 11.6 Å². The first-order valence-electron chi connectivity index (χ1n) is 4.39. The van der Waals surface area contributed by atoms with Gasteiger partial charge in [-0.25, -0.2) is 0 Å². The lowest BCUT2D eigenvalue weighted by Crippen LogP contribution is -1.80. The van der Waals surface area contributed by atoms with Gasteiger partial charge in [-0.3, -0.25) is 5.10 Å². The van der Waals surface area contributed by atoms with Crippen molar-refractivity contribution < 1.29 is 9.15 Å². The molecular weight excluding hydrogens is 216 g/mol. The second kappa shape index (κ2) is 2.90. The monoisotopic (exact) mass is 222 g/mol. The first kappa shape index (κ1) is 8.61. The fourth-order valence-corrected chi connectivity index (χ4v) is 1.78. The predicted octanol–water partition coefficient (Wildman–Crippen LogP) is 2.97. The Morgan fingerprint density at radius 3 is 3.13 bits per heavy atom. The molecule has 0 aliphatic carbocycles. The Hall–Kier alpha value is -1.68. The minimum atomic E-state index is 0.417. The number of ether oxygens (including phenoxy) is 1. The number of aromatic amines is 1. The number of H-pyrrole nitrogens is 1. The number of furan rings is 1. The number of aromatic nitrogens is 2. The molecule has 4 nitrogen and oxygen atoms in total. The third-order valence-corrected chi connectivity index (χ3v) is 2.59. The van der Waals surface area contributed by atoms with E-state index in [-0.39, 0.29) is 0 Å². The molecule has 0 spiro atoms. The third kappa shape index (κ3) is 1.11.